The van der Waals surface area contributed by atoms with Gasteiger partial charge in [-0.2, -0.15) is 0 Å². The first-order chi connectivity index (χ1) is 11.3. The van der Waals surface area contributed by atoms with Crippen molar-refractivity contribution in [1.82, 2.24) is 14.5 Å². The quantitative estimate of drug-likeness (QED) is 0.720. The van der Waals surface area contributed by atoms with E-state index in [9.17, 15) is 9.90 Å². The minimum absolute atomic E-state index is 0.0383. The Hall–Kier alpha value is -2.41. The molecule has 0 fully saturated rings. The fraction of sp³-hybridized carbons (Fsp3) is 0.235. The van der Waals surface area contributed by atoms with E-state index in [2.05, 4.69) is 31.2 Å². The lowest BCUT2D eigenvalue weighted by molar-refractivity contribution is 0.478. The molecule has 0 spiro atoms. The molecular formula is C17H17BrN4O2. The van der Waals surface area contributed by atoms with E-state index in [1.165, 1.54) is 10.6 Å². The second-order valence-corrected chi connectivity index (χ2v) is 7.01. The van der Waals surface area contributed by atoms with Crippen LogP contribution in [0.5, 0.6) is 5.75 Å². The summed E-state index contributed by atoms with van der Waals surface area (Å²) in [6.07, 6.45) is 3.35. The Balaban J connectivity index is 2.20. The predicted molar refractivity (Wildman–Crippen MR) is 97.2 cm³/mol. The number of aromatic hydroxyl groups is 1. The largest absolute Gasteiger partial charge is 0.506 e. The van der Waals surface area contributed by atoms with Gasteiger partial charge in [0.2, 0.25) is 0 Å². The number of nitrogens with zero attached hydrogens (tertiary/aromatic N) is 3. The Morgan fingerprint density at radius 1 is 1.21 bits per heavy atom. The SMILES string of the molecule is Cn1c(=O)cc(NC(C)(C)c2ncccn2)c2cc(Br)cc(O)c21. The van der Waals surface area contributed by atoms with Crippen LogP contribution in [0.3, 0.4) is 0 Å². The fourth-order valence-corrected chi connectivity index (χ4v) is 3.11. The summed E-state index contributed by atoms with van der Waals surface area (Å²) >= 11 is 3.39. The molecule has 3 rings (SSSR count). The van der Waals surface area contributed by atoms with Crippen molar-refractivity contribution in [3.05, 3.63) is 57.3 Å². The molecule has 0 atom stereocenters. The zero-order valence-corrected chi connectivity index (χ0v) is 15.1. The average Bonchev–Trinajstić information content (AvgIpc) is 2.52. The Morgan fingerprint density at radius 2 is 1.88 bits per heavy atom. The normalized spacial score (nSPS) is 11.7. The Bertz CT molecular complexity index is 968. The van der Waals surface area contributed by atoms with Gasteiger partial charge in [0.25, 0.3) is 5.56 Å². The molecule has 0 aliphatic rings. The zero-order valence-electron chi connectivity index (χ0n) is 13.5. The standard InChI is InChI=1S/C17H17BrN4O2/c1-17(2,16-19-5-4-6-20-16)21-12-9-14(24)22(3)15-11(12)7-10(18)8-13(15)23/h4-9,21,23H,1-3H3. The molecule has 3 aromatic rings. The van der Waals surface area contributed by atoms with Crippen LogP contribution in [0.15, 0.2) is 45.9 Å². The Labute approximate surface area is 147 Å². The number of rotatable bonds is 3. The number of nitrogens with one attached hydrogen (secondary N) is 1. The fourth-order valence-electron chi connectivity index (χ4n) is 2.67. The van der Waals surface area contributed by atoms with Gasteiger partial charge in [-0.05, 0) is 32.0 Å². The lowest BCUT2D eigenvalue weighted by atomic mass is 10.0. The highest BCUT2D eigenvalue weighted by atomic mass is 79.9. The molecule has 2 heterocycles. The molecule has 2 aromatic heterocycles. The lowest BCUT2D eigenvalue weighted by Gasteiger charge is -2.27. The summed E-state index contributed by atoms with van der Waals surface area (Å²) < 4.78 is 2.15. The molecule has 0 aliphatic heterocycles. The number of benzene rings is 1. The van der Waals surface area contributed by atoms with Crippen LogP contribution >= 0.6 is 15.9 Å². The van der Waals surface area contributed by atoms with E-state index in [1.54, 1.807) is 31.6 Å². The molecule has 0 aliphatic carbocycles. The third kappa shape index (κ3) is 2.87. The smallest absolute Gasteiger partial charge is 0.252 e. The summed E-state index contributed by atoms with van der Waals surface area (Å²) in [5, 5.41) is 14.3. The predicted octanol–water partition coefficient (Wildman–Crippen LogP) is 3.14. The highest BCUT2D eigenvalue weighted by Gasteiger charge is 2.25. The number of phenolic OH excluding ortho intramolecular Hbond substituents is 1. The van der Waals surface area contributed by atoms with Crippen molar-refractivity contribution in [3.63, 3.8) is 0 Å². The number of aromatic nitrogens is 3. The average molecular weight is 389 g/mol. The number of fused-ring (bicyclic) bond motifs is 1. The first-order valence-electron chi connectivity index (χ1n) is 7.37. The first kappa shape index (κ1) is 16.4. The Kier molecular flexibility index (Phi) is 4.04. The summed E-state index contributed by atoms with van der Waals surface area (Å²) in [5.74, 6) is 0.648. The van der Waals surface area contributed by atoms with Gasteiger partial charge in [0.05, 0.1) is 11.1 Å². The monoisotopic (exact) mass is 388 g/mol. The maximum atomic E-state index is 12.3. The third-order valence-electron chi connectivity index (χ3n) is 3.85. The van der Waals surface area contributed by atoms with E-state index in [0.29, 0.717) is 17.0 Å². The maximum Gasteiger partial charge on any atom is 0.252 e. The summed E-state index contributed by atoms with van der Waals surface area (Å²) in [7, 11) is 1.63. The van der Waals surface area contributed by atoms with Crippen LogP contribution < -0.4 is 10.9 Å². The van der Waals surface area contributed by atoms with Gasteiger partial charge in [-0.25, -0.2) is 9.97 Å². The van der Waals surface area contributed by atoms with Crippen LogP contribution in [-0.2, 0) is 12.6 Å². The van der Waals surface area contributed by atoms with Crippen LogP contribution in [0.1, 0.15) is 19.7 Å². The summed E-state index contributed by atoms with van der Waals surface area (Å²) in [4.78, 5) is 20.9. The van der Waals surface area contributed by atoms with Crippen LogP contribution in [0.25, 0.3) is 10.9 Å². The van der Waals surface area contributed by atoms with Gasteiger partial charge in [-0.3, -0.25) is 4.79 Å². The summed E-state index contributed by atoms with van der Waals surface area (Å²) in [6.45, 7) is 3.87. The van der Waals surface area contributed by atoms with E-state index < -0.39 is 5.54 Å². The van der Waals surface area contributed by atoms with Crippen LogP contribution in [0, 0.1) is 0 Å². The molecule has 0 radical (unpaired) electrons. The van der Waals surface area contributed by atoms with Crippen LogP contribution in [0.2, 0.25) is 0 Å². The van der Waals surface area contributed by atoms with Crippen molar-refractivity contribution >= 4 is 32.5 Å². The molecule has 2 N–H and O–H groups in total. The number of halogens is 1. The number of anilines is 1. The van der Waals surface area contributed by atoms with Gasteiger partial charge >= 0.3 is 0 Å². The van der Waals surface area contributed by atoms with Crippen molar-refractivity contribution in [2.45, 2.75) is 19.4 Å². The second-order valence-electron chi connectivity index (χ2n) is 6.10. The van der Waals surface area contributed by atoms with Gasteiger partial charge in [-0.15, -0.1) is 0 Å². The van der Waals surface area contributed by atoms with E-state index in [4.69, 9.17) is 0 Å². The molecule has 0 saturated carbocycles. The van der Waals surface area contributed by atoms with Crippen molar-refractivity contribution in [3.8, 4) is 5.75 Å². The van der Waals surface area contributed by atoms with Gasteiger partial charge in [0.1, 0.15) is 5.75 Å². The first-order valence-corrected chi connectivity index (χ1v) is 8.17. The molecular weight excluding hydrogens is 372 g/mol. The van der Waals surface area contributed by atoms with Crippen LogP contribution in [-0.4, -0.2) is 19.6 Å². The van der Waals surface area contributed by atoms with Gasteiger partial charge in [0, 0.05) is 41.1 Å². The van der Waals surface area contributed by atoms with Crippen molar-refractivity contribution in [1.29, 1.82) is 0 Å². The third-order valence-corrected chi connectivity index (χ3v) is 4.31. The highest BCUT2D eigenvalue weighted by Crippen LogP contribution is 2.34. The van der Waals surface area contributed by atoms with E-state index in [1.807, 2.05) is 19.9 Å². The second kappa shape index (κ2) is 5.90. The zero-order chi connectivity index (χ0) is 17.5. The number of hydrogen-bond acceptors (Lipinski definition) is 5. The topological polar surface area (TPSA) is 80.0 Å². The molecule has 124 valence electrons. The molecule has 0 saturated heterocycles. The Morgan fingerprint density at radius 3 is 2.54 bits per heavy atom. The molecule has 7 heteroatoms. The number of aryl methyl sites for hydroxylation is 1. The number of phenols is 1. The lowest BCUT2D eigenvalue weighted by Crippen LogP contribution is -2.31. The molecule has 0 unspecified atom stereocenters. The number of hydrogen-bond donors (Lipinski definition) is 2. The molecule has 1 aromatic carbocycles. The van der Waals surface area contributed by atoms with E-state index in [-0.39, 0.29) is 11.3 Å². The molecule has 0 amide bonds. The van der Waals surface area contributed by atoms with E-state index in [0.717, 1.165) is 9.86 Å². The summed E-state index contributed by atoms with van der Waals surface area (Å²) in [5.41, 5.74) is 0.269. The molecule has 0 bridgehead atoms. The van der Waals surface area contributed by atoms with Gasteiger partial charge in [-0.1, -0.05) is 15.9 Å². The van der Waals surface area contributed by atoms with E-state index >= 15 is 0 Å². The minimum Gasteiger partial charge on any atom is -0.506 e. The molecule has 6 nitrogen and oxygen atoms in total. The van der Waals surface area contributed by atoms with Gasteiger partial charge in [0.15, 0.2) is 5.82 Å². The number of pyridine rings is 1. The van der Waals surface area contributed by atoms with Gasteiger partial charge < -0.3 is 15.0 Å². The summed E-state index contributed by atoms with van der Waals surface area (Å²) in [6, 6.07) is 6.69. The van der Waals surface area contributed by atoms with Crippen LogP contribution in [0.4, 0.5) is 5.69 Å². The van der Waals surface area contributed by atoms with Crippen molar-refractivity contribution in [2.24, 2.45) is 7.05 Å². The van der Waals surface area contributed by atoms with Crippen molar-refractivity contribution < 1.29 is 5.11 Å². The highest BCUT2D eigenvalue weighted by molar-refractivity contribution is 9.10. The minimum atomic E-state index is -0.599. The maximum absolute atomic E-state index is 12.3. The van der Waals surface area contributed by atoms with Crippen molar-refractivity contribution in [2.75, 3.05) is 5.32 Å². The molecule has 24 heavy (non-hydrogen) atoms.